The summed E-state index contributed by atoms with van der Waals surface area (Å²) in [5, 5.41) is -0.294. The molecule has 3 aromatic rings. The van der Waals surface area contributed by atoms with Crippen LogP contribution in [0.5, 0.6) is 0 Å². The molecule has 0 radical (unpaired) electrons. The molecule has 5 nitrogen and oxygen atoms in total. The maximum absolute atomic E-state index is 13.4. The van der Waals surface area contributed by atoms with Gasteiger partial charge in [0.05, 0.1) is 17.7 Å². The third-order valence-electron chi connectivity index (χ3n) is 4.42. The molecule has 3 rings (SSSR count). The number of esters is 1. The van der Waals surface area contributed by atoms with E-state index in [1.165, 1.54) is 10.0 Å². The first-order valence-corrected chi connectivity index (χ1v) is 11.0. The lowest BCUT2D eigenvalue weighted by Gasteiger charge is -2.17. The highest BCUT2D eigenvalue weighted by molar-refractivity contribution is 9.10. The molecule has 146 valence electrons. The van der Waals surface area contributed by atoms with Crippen molar-refractivity contribution in [3.63, 3.8) is 0 Å². The van der Waals surface area contributed by atoms with Crippen molar-refractivity contribution < 1.29 is 17.9 Å². The number of aryl methyl sites for hydroxylation is 1. The molecule has 1 atom stereocenters. The minimum atomic E-state index is -3.84. The Kier molecular flexibility index (Phi) is 5.76. The Hall–Kier alpha value is -2.38. The number of fused-ring (bicyclic) bond motifs is 1. The van der Waals surface area contributed by atoms with Crippen molar-refractivity contribution in [2.75, 3.05) is 6.61 Å². The van der Waals surface area contributed by atoms with Crippen molar-refractivity contribution in [1.82, 2.24) is 3.97 Å². The van der Waals surface area contributed by atoms with Crippen molar-refractivity contribution in [2.24, 2.45) is 0 Å². The largest absolute Gasteiger partial charge is 0.462 e. The Balaban J connectivity index is 2.13. The second kappa shape index (κ2) is 7.93. The number of hydrogen-bond acceptors (Lipinski definition) is 4. The normalized spacial score (nSPS) is 12.7. The molecule has 0 saturated heterocycles. The third-order valence-corrected chi connectivity index (χ3v) is 7.25. The van der Waals surface area contributed by atoms with E-state index in [-0.39, 0.29) is 6.61 Å². The second-order valence-corrected chi connectivity index (χ2v) is 9.05. The zero-order chi connectivity index (χ0) is 20.5. The van der Waals surface area contributed by atoms with E-state index in [1.54, 1.807) is 43.3 Å². The monoisotopic (exact) mass is 461 g/mol. The molecule has 0 saturated carbocycles. The van der Waals surface area contributed by atoms with Gasteiger partial charge in [-0.2, -0.15) is 0 Å². The van der Waals surface area contributed by atoms with Gasteiger partial charge >= 0.3 is 5.97 Å². The first-order chi connectivity index (χ1) is 13.3. The number of ether oxygens (including phenoxy) is 1. The lowest BCUT2D eigenvalue weighted by molar-refractivity contribution is 0.0526. The van der Waals surface area contributed by atoms with Crippen LogP contribution in [-0.4, -0.2) is 25.0 Å². The van der Waals surface area contributed by atoms with Gasteiger partial charge in [0.2, 0.25) is 0 Å². The average molecular weight is 462 g/mol. The fraction of sp³-hybridized carbons (Fsp3) is 0.190. The van der Waals surface area contributed by atoms with Gasteiger partial charge in [0.25, 0.3) is 10.0 Å². The zero-order valence-corrected chi connectivity index (χ0v) is 18.0. The zero-order valence-electron chi connectivity index (χ0n) is 15.6. The summed E-state index contributed by atoms with van der Waals surface area (Å²) in [5.41, 5.74) is 2.52. The van der Waals surface area contributed by atoms with Crippen LogP contribution in [0.15, 0.2) is 65.8 Å². The van der Waals surface area contributed by atoms with E-state index in [0.29, 0.717) is 26.6 Å². The van der Waals surface area contributed by atoms with Crippen LogP contribution in [0, 0.1) is 6.92 Å². The SMILES string of the molecule is C=CC(c1ccc(C)cc1)S(=O)(=O)n1c(Br)cc2cc(C(=O)OCC)ccc21. The van der Waals surface area contributed by atoms with Gasteiger partial charge in [-0.1, -0.05) is 35.9 Å². The second-order valence-electron chi connectivity index (χ2n) is 6.34. The lowest BCUT2D eigenvalue weighted by atomic mass is 10.1. The number of benzene rings is 2. The molecule has 0 aliphatic rings. The number of carbonyl (C=O) groups excluding carboxylic acids is 1. The van der Waals surface area contributed by atoms with E-state index in [2.05, 4.69) is 22.5 Å². The van der Waals surface area contributed by atoms with Gasteiger partial charge in [-0.15, -0.1) is 6.58 Å². The fourth-order valence-electron chi connectivity index (χ4n) is 3.06. The van der Waals surface area contributed by atoms with Gasteiger partial charge in [0, 0.05) is 5.39 Å². The molecule has 7 heteroatoms. The number of halogens is 1. The highest BCUT2D eigenvalue weighted by Crippen LogP contribution is 2.33. The van der Waals surface area contributed by atoms with Crippen molar-refractivity contribution >= 4 is 42.8 Å². The summed E-state index contributed by atoms with van der Waals surface area (Å²) in [5.74, 6) is -0.445. The Labute approximate surface area is 172 Å². The molecule has 2 aromatic carbocycles. The maximum atomic E-state index is 13.4. The molecule has 0 spiro atoms. The van der Waals surface area contributed by atoms with Crippen LogP contribution in [0.25, 0.3) is 10.9 Å². The molecule has 0 N–H and O–H groups in total. The molecule has 0 amide bonds. The summed E-state index contributed by atoms with van der Waals surface area (Å²) < 4.78 is 33.5. The minimum absolute atomic E-state index is 0.271. The molecule has 0 bridgehead atoms. The van der Waals surface area contributed by atoms with Crippen LogP contribution < -0.4 is 0 Å². The van der Waals surface area contributed by atoms with Gasteiger partial charge in [-0.25, -0.2) is 17.2 Å². The van der Waals surface area contributed by atoms with E-state index in [1.807, 2.05) is 19.1 Å². The highest BCUT2D eigenvalue weighted by atomic mass is 79.9. The molecule has 0 aliphatic heterocycles. The smallest absolute Gasteiger partial charge is 0.338 e. The van der Waals surface area contributed by atoms with E-state index in [4.69, 9.17) is 4.74 Å². The molecular weight excluding hydrogens is 442 g/mol. The van der Waals surface area contributed by atoms with Gasteiger partial charge < -0.3 is 4.74 Å². The van der Waals surface area contributed by atoms with E-state index < -0.39 is 21.2 Å². The summed E-state index contributed by atoms with van der Waals surface area (Å²) in [6.45, 7) is 7.68. The minimum Gasteiger partial charge on any atom is -0.462 e. The van der Waals surface area contributed by atoms with Gasteiger partial charge in [0.15, 0.2) is 0 Å². The molecule has 0 aliphatic carbocycles. The molecule has 28 heavy (non-hydrogen) atoms. The Morgan fingerprint density at radius 2 is 1.89 bits per heavy atom. The Morgan fingerprint density at radius 1 is 1.21 bits per heavy atom. The van der Waals surface area contributed by atoms with Gasteiger partial charge in [0.1, 0.15) is 9.85 Å². The van der Waals surface area contributed by atoms with Gasteiger partial charge in [-0.3, -0.25) is 0 Å². The first-order valence-electron chi connectivity index (χ1n) is 8.71. The standard InChI is InChI=1S/C21H20BrNO4S/c1-4-19(15-8-6-14(3)7-9-15)28(25,26)23-18-11-10-16(21(24)27-5-2)12-17(18)13-20(23)22/h4,6-13,19H,1,5H2,2-3H3. The van der Waals surface area contributed by atoms with Crippen molar-refractivity contribution in [1.29, 1.82) is 0 Å². The summed E-state index contributed by atoms with van der Waals surface area (Å²) in [4.78, 5) is 12.0. The van der Waals surface area contributed by atoms with Crippen LogP contribution in [0.4, 0.5) is 0 Å². The molecule has 1 heterocycles. The predicted molar refractivity (Wildman–Crippen MR) is 114 cm³/mol. The molecule has 1 unspecified atom stereocenters. The van der Waals surface area contributed by atoms with Crippen molar-refractivity contribution in [2.45, 2.75) is 19.1 Å². The number of hydrogen-bond donors (Lipinski definition) is 0. The number of aromatic nitrogens is 1. The van der Waals surface area contributed by atoms with E-state index in [0.717, 1.165) is 5.56 Å². The quantitative estimate of drug-likeness (QED) is 0.382. The summed E-state index contributed by atoms with van der Waals surface area (Å²) in [6, 6.07) is 13.8. The molecule has 1 aromatic heterocycles. The van der Waals surface area contributed by atoms with Crippen molar-refractivity contribution in [3.8, 4) is 0 Å². The fourth-order valence-corrected chi connectivity index (χ4v) is 5.81. The summed E-state index contributed by atoms with van der Waals surface area (Å²) in [6.07, 6.45) is 1.42. The average Bonchev–Trinajstić information content (AvgIpc) is 2.99. The predicted octanol–water partition coefficient (Wildman–Crippen LogP) is 4.99. The number of rotatable bonds is 6. The van der Waals surface area contributed by atoms with E-state index in [9.17, 15) is 13.2 Å². The van der Waals surface area contributed by atoms with Crippen LogP contribution in [-0.2, 0) is 14.8 Å². The molecule has 0 fully saturated rings. The van der Waals surface area contributed by atoms with Gasteiger partial charge in [-0.05, 0) is 59.6 Å². The first kappa shape index (κ1) is 20.4. The summed E-state index contributed by atoms with van der Waals surface area (Å²) in [7, 11) is -3.84. The van der Waals surface area contributed by atoms with Crippen LogP contribution in [0.2, 0.25) is 0 Å². The Morgan fingerprint density at radius 3 is 2.50 bits per heavy atom. The maximum Gasteiger partial charge on any atom is 0.338 e. The summed E-state index contributed by atoms with van der Waals surface area (Å²) >= 11 is 3.35. The number of carbonyl (C=O) groups is 1. The van der Waals surface area contributed by atoms with Crippen molar-refractivity contribution in [3.05, 3.63) is 82.5 Å². The Bertz CT molecular complexity index is 1150. The molecular formula is C21H20BrNO4S. The lowest BCUT2D eigenvalue weighted by Crippen LogP contribution is -2.20. The third kappa shape index (κ3) is 3.64. The van der Waals surface area contributed by atoms with Crippen LogP contribution in [0.1, 0.15) is 33.7 Å². The van der Waals surface area contributed by atoms with E-state index >= 15 is 0 Å². The topological polar surface area (TPSA) is 65.4 Å². The highest BCUT2D eigenvalue weighted by Gasteiger charge is 2.29. The van der Waals surface area contributed by atoms with Crippen LogP contribution >= 0.6 is 15.9 Å². The van der Waals surface area contributed by atoms with Crippen LogP contribution in [0.3, 0.4) is 0 Å². The number of nitrogens with zero attached hydrogens (tertiary/aromatic N) is 1.